The van der Waals surface area contributed by atoms with Crippen LogP contribution in [-0.4, -0.2) is 26.7 Å². The smallest absolute Gasteiger partial charge is 0.321 e. The third kappa shape index (κ3) is 3.79. The van der Waals surface area contributed by atoms with E-state index in [0.29, 0.717) is 5.52 Å². The number of rotatable bonds is 5. The Morgan fingerprint density at radius 1 is 1.30 bits per heavy atom. The summed E-state index contributed by atoms with van der Waals surface area (Å²) < 4.78 is 27.5. The van der Waals surface area contributed by atoms with Crippen molar-refractivity contribution in [2.45, 2.75) is 30.8 Å². The molecule has 0 bridgehead atoms. The number of nitrogens with one attached hydrogen (secondary N) is 1. The molecule has 0 spiro atoms. The summed E-state index contributed by atoms with van der Waals surface area (Å²) in [5, 5.41) is 1.21. The van der Waals surface area contributed by atoms with Crippen molar-refractivity contribution in [2.24, 2.45) is 11.7 Å². The predicted octanol–water partition coefficient (Wildman–Crippen LogP) is 2.74. The average Bonchev–Trinajstić information content (AvgIpc) is 2.81. The minimum atomic E-state index is -2.79. The Hall–Kier alpha value is -2.16. The third-order valence-corrected chi connectivity index (χ3v) is 4.61. The highest BCUT2D eigenvalue weighted by molar-refractivity contribution is 8.00. The van der Waals surface area contributed by atoms with Crippen LogP contribution < -0.4 is 11.1 Å². The van der Waals surface area contributed by atoms with E-state index in [-0.39, 0.29) is 16.6 Å². The molecule has 2 rings (SSSR count). The molecular formula is C14H16F2N4O2S. The number of halogens is 2. The van der Waals surface area contributed by atoms with E-state index in [1.54, 1.807) is 32.0 Å². The van der Waals surface area contributed by atoms with Gasteiger partial charge in [0.2, 0.25) is 5.91 Å². The van der Waals surface area contributed by atoms with Crippen molar-refractivity contribution in [1.29, 1.82) is 0 Å². The van der Waals surface area contributed by atoms with Crippen molar-refractivity contribution >= 4 is 34.7 Å². The highest BCUT2D eigenvalue weighted by atomic mass is 32.2. The first-order valence-electron chi connectivity index (χ1n) is 6.83. The Bertz CT molecular complexity index is 733. The Labute approximate surface area is 135 Å². The number of primary amides is 1. The molecule has 3 N–H and O–H groups in total. The van der Waals surface area contributed by atoms with E-state index < -0.39 is 23.7 Å². The molecule has 0 unspecified atom stereocenters. The number of imide groups is 1. The van der Waals surface area contributed by atoms with Gasteiger partial charge in [-0.15, -0.1) is 0 Å². The molecule has 0 aliphatic heterocycles. The number of hydrogen-bond donors (Lipinski definition) is 2. The van der Waals surface area contributed by atoms with Crippen molar-refractivity contribution in [1.82, 2.24) is 14.9 Å². The zero-order chi connectivity index (χ0) is 17.1. The van der Waals surface area contributed by atoms with Crippen LogP contribution in [0.2, 0.25) is 0 Å². The molecule has 0 aliphatic carbocycles. The molecule has 0 aliphatic rings. The monoisotopic (exact) mass is 342 g/mol. The van der Waals surface area contributed by atoms with Crippen molar-refractivity contribution in [3.05, 3.63) is 24.3 Å². The number of alkyl halides is 2. The van der Waals surface area contributed by atoms with Crippen molar-refractivity contribution in [2.75, 3.05) is 0 Å². The number of thioether (sulfide) groups is 1. The van der Waals surface area contributed by atoms with Crippen LogP contribution in [0.15, 0.2) is 29.4 Å². The van der Waals surface area contributed by atoms with Gasteiger partial charge in [-0.3, -0.25) is 14.7 Å². The summed E-state index contributed by atoms with van der Waals surface area (Å²) in [5.74, 6) is -0.851. The van der Waals surface area contributed by atoms with Gasteiger partial charge in [-0.25, -0.2) is 9.78 Å². The number of imidazole rings is 1. The van der Waals surface area contributed by atoms with Crippen LogP contribution in [0, 0.1) is 5.92 Å². The minimum Gasteiger partial charge on any atom is -0.351 e. The van der Waals surface area contributed by atoms with Gasteiger partial charge >= 0.3 is 12.6 Å². The number of nitrogens with zero attached hydrogens (tertiary/aromatic N) is 2. The number of carbonyl (C=O) groups excluding carboxylic acids is 2. The lowest BCUT2D eigenvalue weighted by Gasteiger charge is -2.18. The summed E-state index contributed by atoms with van der Waals surface area (Å²) >= 11 is 0.880. The van der Waals surface area contributed by atoms with Gasteiger partial charge in [0.1, 0.15) is 0 Å². The number of urea groups is 1. The zero-order valence-electron chi connectivity index (χ0n) is 12.5. The molecule has 6 nitrogen and oxygen atoms in total. The van der Waals surface area contributed by atoms with Crippen molar-refractivity contribution < 1.29 is 18.4 Å². The molecule has 0 radical (unpaired) electrons. The van der Waals surface area contributed by atoms with E-state index in [0.717, 1.165) is 16.3 Å². The fourth-order valence-corrected chi connectivity index (χ4v) is 3.20. The lowest BCUT2D eigenvalue weighted by atomic mass is 10.1. The lowest BCUT2D eigenvalue weighted by Crippen LogP contribution is -2.42. The maximum absolute atomic E-state index is 13.4. The second-order valence-corrected chi connectivity index (χ2v) is 6.28. The van der Waals surface area contributed by atoms with E-state index in [1.165, 1.54) is 6.07 Å². The summed E-state index contributed by atoms with van der Waals surface area (Å²) in [5.41, 5.74) is 5.63. The van der Waals surface area contributed by atoms with E-state index in [1.807, 2.05) is 5.32 Å². The van der Waals surface area contributed by atoms with E-state index >= 15 is 0 Å². The minimum absolute atomic E-state index is 0.0134. The summed E-state index contributed by atoms with van der Waals surface area (Å²) in [7, 11) is 0. The highest BCUT2D eigenvalue weighted by Gasteiger charge is 2.28. The SMILES string of the molecule is CC(C)[C@@H](Sc1nc2ccccc2n1C(F)F)C(=O)NC(N)=O. The van der Waals surface area contributed by atoms with Crippen LogP contribution >= 0.6 is 11.8 Å². The molecule has 1 atom stereocenters. The second-order valence-electron chi connectivity index (χ2n) is 5.17. The first-order chi connectivity index (χ1) is 10.8. The third-order valence-electron chi connectivity index (χ3n) is 3.10. The Balaban J connectivity index is 2.40. The van der Waals surface area contributed by atoms with Crippen LogP contribution in [0.3, 0.4) is 0 Å². The molecule has 1 aromatic heterocycles. The van der Waals surface area contributed by atoms with Crippen LogP contribution in [-0.2, 0) is 4.79 Å². The number of benzene rings is 1. The van der Waals surface area contributed by atoms with Gasteiger partial charge in [0.25, 0.3) is 0 Å². The molecule has 0 saturated heterocycles. The fraction of sp³-hybridized carbons (Fsp3) is 0.357. The van der Waals surface area contributed by atoms with Gasteiger partial charge in [0, 0.05) is 0 Å². The first kappa shape index (κ1) is 17.2. The fourth-order valence-electron chi connectivity index (χ4n) is 2.09. The van der Waals surface area contributed by atoms with Crippen LogP contribution in [0.1, 0.15) is 20.4 Å². The number of amides is 3. The van der Waals surface area contributed by atoms with Crippen LogP contribution in [0.25, 0.3) is 11.0 Å². The van der Waals surface area contributed by atoms with E-state index in [9.17, 15) is 18.4 Å². The van der Waals surface area contributed by atoms with Crippen molar-refractivity contribution in [3.8, 4) is 0 Å². The first-order valence-corrected chi connectivity index (χ1v) is 7.71. The van der Waals surface area contributed by atoms with E-state index in [4.69, 9.17) is 5.73 Å². The molecule has 1 aromatic carbocycles. The molecule has 23 heavy (non-hydrogen) atoms. The standard InChI is InChI=1S/C14H16F2N4O2S/c1-7(2)10(11(21)19-13(17)22)23-14-18-8-5-3-4-6-9(8)20(14)12(15)16/h3-7,10,12H,1-2H3,(H3,17,19,21,22)/t10-/m1/s1. The number of nitrogens with two attached hydrogens (primary N) is 1. The van der Waals surface area contributed by atoms with Gasteiger partial charge in [0.15, 0.2) is 5.16 Å². The Morgan fingerprint density at radius 3 is 2.52 bits per heavy atom. The quantitative estimate of drug-likeness (QED) is 0.818. The second kappa shape index (κ2) is 6.95. The average molecular weight is 342 g/mol. The van der Waals surface area contributed by atoms with Gasteiger partial charge in [0.05, 0.1) is 16.3 Å². The highest BCUT2D eigenvalue weighted by Crippen LogP contribution is 2.33. The number of hydrogen-bond acceptors (Lipinski definition) is 4. The molecule has 3 amide bonds. The number of aromatic nitrogens is 2. The molecular weight excluding hydrogens is 326 g/mol. The summed E-state index contributed by atoms with van der Waals surface area (Å²) in [6.07, 6.45) is 0. The van der Waals surface area contributed by atoms with Gasteiger partial charge in [-0.2, -0.15) is 8.78 Å². The predicted molar refractivity (Wildman–Crippen MR) is 83.2 cm³/mol. The maximum atomic E-state index is 13.4. The van der Waals surface area contributed by atoms with Crippen LogP contribution in [0.4, 0.5) is 13.6 Å². The molecule has 124 valence electrons. The maximum Gasteiger partial charge on any atom is 0.321 e. The molecule has 0 fully saturated rings. The lowest BCUT2D eigenvalue weighted by molar-refractivity contribution is -0.120. The topological polar surface area (TPSA) is 90.0 Å². The summed E-state index contributed by atoms with van der Waals surface area (Å²) in [6, 6.07) is 5.50. The number of carbonyl (C=O) groups is 2. The van der Waals surface area contributed by atoms with Gasteiger partial charge in [-0.1, -0.05) is 37.7 Å². The molecule has 2 aromatic rings. The van der Waals surface area contributed by atoms with Crippen molar-refractivity contribution in [3.63, 3.8) is 0 Å². The molecule has 0 saturated carbocycles. The summed E-state index contributed by atoms with van der Waals surface area (Å²) in [6.45, 7) is 0.693. The Morgan fingerprint density at radius 2 is 1.96 bits per heavy atom. The molecule has 9 heteroatoms. The Kier molecular flexibility index (Phi) is 5.19. The van der Waals surface area contributed by atoms with Gasteiger partial charge in [-0.05, 0) is 18.1 Å². The van der Waals surface area contributed by atoms with Crippen LogP contribution in [0.5, 0.6) is 0 Å². The normalized spacial score (nSPS) is 12.8. The van der Waals surface area contributed by atoms with E-state index in [2.05, 4.69) is 4.98 Å². The number of fused-ring (bicyclic) bond motifs is 1. The van der Waals surface area contributed by atoms with Gasteiger partial charge < -0.3 is 5.73 Å². The number of para-hydroxylation sites is 2. The zero-order valence-corrected chi connectivity index (χ0v) is 13.3. The molecule has 1 heterocycles. The largest absolute Gasteiger partial charge is 0.351 e. The summed E-state index contributed by atoms with van der Waals surface area (Å²) in [4.78, 5) is 27.1.